The first-order valence-corrected chi connectivity index (χ1v) is 2.46. The van der Waals surface area contributed by atoms with Crippen molar-refractivity contribution in [3.8, 4) is 0 Å². The van der Waals surface area contributed by atoms with E-state index in [9.17, 15) is 0 Å². The van der Waals surface area contributed by atoms with Gasteiger partial charge in [-0.2, -0.15) is 25.3 Å². The summed E-state index contributed by atoms with van der Waals surface area (Å²) in [5.74, 6) is 0.781. The molecule has 0 aliphatic rings. The average molecular weight is 106 g/mol. The van der Waals surface area contributed by atoms with Crippen LogP contribution in [0.2, 0.25) is 0 Å². The SMILES string of the molecule is SC=CCS. The van der Waals surface area contributed by atoms with Crippen LogP contribution in [0.25, 0.3) is 0 Å². The molecule has 0 aromatic carbocycles. The number of thiol groups is 2. The fraction of sp³-hybridized carbons (Fsp3) is 0.333. The Morgan fingerprint density at radius 3 is 2.20 bits per heavy atom. The molecule has 30 valence electrons. The first-order valence-electron chi connectivity index (χ1n) is 1.32. The van der Waals surface area contributed by atoms with Crippen molar-refractivity contribution >= 4 is 25.3 Å². The summed E-state index contributed by atoms with van der Waals surface area (Å²) in [6, 6.07) is 0. The molecule has 0 spiro atoms. The molecule has 0 fully saturated rings. The van der Waals surface area contributed by atoms with Gasteiger partial charge in [0.1, 0.15) is 0 Å². The lowest BCUT2D eigenvalue weighted by molar-refractivity contribution is 1.84. The van der Waals surface area contributed by atoms with E-state index >= 15 is 0 Å². The molecule has 0 aliphatic carbocycles. The highest BCUT2D eigenvalue weighted by Gasteiger charge is 1.53. The van der Waals surface area contributed by atoms with Crippen LogP contribution in [0.5, 0.6) is 0 Å². The third-order valence-electron chi connectivity index (χ3n) is 0.211. The molecule has 0 atom stereocenters. The van der Waals surface area contributed by atoms with Crippen molar-refractivity contribution in [2.45, 2.75) is 0 Å². The fourth-order valence-corrected chi connectivity index (χ4v) is 0.424. The zero-order valence-corrected chi connectivity index (χ0v) is 4.55. The lowest BCUT2D eigenvalue weighted by Gasteiger charge is -1.64. The minimum atomic E-state index is 0.781. The van der Waals surface area contributed by atoms with Gasteiger partial charge in [0.2, 0.25) is 0 Å². The van der Waals surface area contributed by atoms with Crippen molar-refractivity contribution < 1.29 is 0 Å². The normalized spacial score (nSPS) is 10.0. The monoisotopic (exact) mass is 106 g/mol. The van der Waals surface area contributed by atoms with Crippen LogP contribution in [0.15, 0.2) is 11.5 Å². The van der Waals surface area contributed by atoms with E-state index in [4.69, 9.17) is 0 Å². The predicted octanol–water partition coefficient (Wildman–Crippen LogP) is 1.36. The second kappa shape index (κ2) is 4.44. The topological polar surface area (TPSA) is 0 Å². The largest absolute Gasteiger partial charge is 0.175 e. The molecule has 0 amide bonds. The Labute approximate surface area is 43.1 Å². The van der Waals surface area contributed by atoms with Crippen LogP contribution in [0.3, 0.4) is 0 Å². The summed E-state index contributed by atoms with van der Waals surface area (Å²) in [5, 5.41) is 1.67. The van der Waals surface area contributed by atoms with Crippen molar-refractivity contribution in [3.63, 3.8) is 0 Å². The lowest BCUT2D eigenvalue weighted by atomic mass is 10.8. The van der Waals surface area contributed by atoms with Crippen molar-refractivity contribution in [2.75, 3.05) is 5.75 Å². The molecule has 0 radical (unpaired) electrons. The zero-order chi connectivity index (χ0) is 4.12. The van der Waals surface area contributed by atoms with Crippen LogP contribution < -0.4 is 0 Å². The van der Waals surface area contributed by atoms with Gasteiger partial charge in [0, 0.05) is 5.75 Å². The van der Waals surface area contributed by atoms with E-state index in [1.54, 1.807) is 5.41 Å². The Balaban J connectivity index is 2.62. The van der Waals surface area contributed by atoms with Gasteiger partial charge < -0.3 is 0 Å². The van der Waals surface area contributed by atoms with E-state index in [-0.39, 0.29) is 0 Å². The molecular weight excluding hydrogens is 100 g/mol. The van der Waals surface area contributed by atoms with Gasteiger partial charge in [-0.15, -0.1) is 0 Å². The molecule has 0 bridgehead atoms. The minimum Gasteiger partial charge on any atom is -0.175 e. The van der Waals surface area contributed by atoms with Gasteiger partial charge in [-0.25, -0.2) is 0 Å². The molecule has 0 unspecified atom stereocenters. The van der Waals surface area contributed by atoms with Gasteiger partial charge >= 0.3 is 0 Å². The van der Waals surface area contributed by atoms with Crippen LogP contribution in [-0.2, 0) is 0 Å². The van der Waals surface area contributed by atoms with Crippen molar-refractivity contribution in [2.24, 2.45) is 0 Å². The molecular formula is C3H6S2. The molecule has 0 rings (SSSR count). The summed E-state index contributed by atoms with van der Waals surface area (Å²) < 4.78 is 0. The van der Waals surface area contributed by atoms with Crippen LogP contribution in [0.1, 0.15) is 0 Å². The molecule has 0 heterocycles. The number of hydrogen-bond donors (Lipinski definition) is 2. The first-order chi connectivity index (χ1) is 2.41. The maximum absolute atomic E-state index is 3.86. The Morgan fingerprint density at radius 2 is 2.20 bits per heavy atom. The van der Waals surface area contributed by atoms with E-state index in [2.05, 4.69) is 25.3 Å². The summed E-state index contributed by atoms with van der Waals surface area (Å²) in [4.78, 5) is 0. The molecule has 0 nitrogen and oxygen atoms in total. The maximum Gasteiger partial charge on any atom is 0.00905 e. The smallest absolute Gasteiger partial charge is 0.00905 e. The van der Waals surface area contributed by atoms with Gasteiger partial charge in [0.25, 0.3) is 0 Å². The molecule has 0 aromatic rings. The number of hydrogen-bond acceptors (Lipinski definition) is 2. The van der Waals surface area contributed by atoms with E-state index in [1.165, 1.54) is 0 Å². The Morgan fingerprint density at radius 1 is 1.60 bits per heavy atom. The molecule has 0 saturated carbocycles. The fourth-order valence-electron chi connectivity index (χ4n) is 0.0471. The van der Waals surface area contributed by atoms with Gasteiger partial charge in [-0.3, -0.25) is 0 Å². The average Bonchev–Trinajstić information content (AvgIpc) is 1.41. The summed E-state index contributed by atoms with van der Waals surface area (Å²) >= 11 is 7.64. The molecule has 0 N–H and O–H groups in total. The quantitative estimate of drug-likeness (QED) is 0.463. The summed E-state index contributed by atoms with van der Waals surface area (Å²) in [6.07, 6.45) is 1.85. The van der Waals surface area contributed by atoms with E-state index < -0.39 is 0 Å². The van der Waals surface area contributed by atoms with Crippen molar-refractivity contribution in [1.82, 2.24) is 0 Å². The van der Waals surface area contributed by atoms with Crippen LogP contribution in [0, 0.1) is 0 Å². The van der Waals surface area contributed by atoms with Crippen LogP contribution in [0.4, 0.5) is 0 Å². The van der Waals surface area contributed by atoms with Crippen molar-refractivity contribution in [3.05, 3.63) is 11.5 Å². The standard InChI is InChI=1S/C3H6S2/c4-2-1-3-5/h1-2,4-5H,3H2. The van der Waals surface area contributed by atoms with E-state index in [0.29, 0.717) is 0 Å². The van der Waals surface area contributed by atoms with Crippen molar-refractivity contribution in [1.29, 1.82) is 0 Å². The van der Waals surface area contributed by atoms with Crippen LogP contribution >= 0.6 is 25.3 Å². The molecule has 0 aliphatic heterocycles. The van der Waals surface area contributed by atoms with Crippen LogP contribution in [-0.4, -0.2) is 5.75 Å². The van der Waals surface area contributed by atoms with Gasteiger partial charge in [-0.05, 0) is 5.41 Å². The highest BCUT2D eigenvalue weighted by molar-refractivity contribution is 7.83. The molecule has 0 aromatic heterocycles. The first kappa shape index (κ1) is 5.44. The minimum absolute atomic E-state index is 0.781. The molecule has 2 heteroatoms. The van der Waals surface area contributed by atoms with Gasteiger partial charge in [-0.1, -0.05) is 6.08 Å². The van der Waals surface area contributed by atoms with Gasteiger partial charge in [0.15, 0.2) is 0 Å². The Bertz CT molecular complexity index is 31.9. The zero-order valence-electron chi connectivity index (χ0n) is 2.76. The Hall–Kier alpha value is 0.440. The predicted molar refractivity (Wildman–Crippen MR) is 32.0 cm³/mol. The highest BCUT2D eigenvalue weighted by atomic mass is 32.1. The second-order valence-corrected chi connectivity index (χ2v) is 1.23. The lowest BCUT2D eigenvalue weighted by Crippen LogP contribution is -1.49. The second-order valence-electron chi connectivity index (χ2n) is 0.567. The molecule has 0 saturated heterocycles. The Kier molecular flexibility index (Phi) is 4.83. The molecule has 5 heavy (non-hydrogen) atoms. The highest BCUT2D eigenvalue weighted by Crippen LogP contribution is 1.77. The third-order valence-corrected chi connectivity index (χ3v) is 0.632. The summed E-state index contributed by atoms with van der Waals surface area (Å²) in [5.41, 5.74) is 0. The third kappa shape index (κ3) is 4.44. The van der Waals surface area contributed by atoms with Gasteiger partial charge in [0.05, 0.1) is 0 Å². The number of rotatable bonds is 1. The summed E-state index contributed by atoms with van der Waals surface area (Å²) in [7, 11) is 0. The maximum atomic E-state index is 3.86. The summed E-state index contributed by atoms with van der Waals surface area (Å²) in [6.45, 7) is 0. The van der Waals surface area contributed by atoms with E-state index in [1.807, 2.05) is 6.08 Å². The van der Waals surface area contributed by atoms with E-state index in [0.717, 1.165) is 5.75 Å².